The van der Waals surface area contributed by atoms with Crippen molar-refractivity contribution < 1.29 is 4.74 Å². The molecule has 0 aliphatic carbocycles. The van der Waals surface area contributed by atoms with Crippen molar-refractivity contribution in [2.24, 2.45) is 0 Å². The summed E-state index contributed by atoms with van der Waals surface area (Å²) in [6.45, 7) is 4.72. The number of hydrogen-bond acceptors (Lipinski definition) is 6. The summed E-state index contributed by atoms with van der Waals surface area (Å²) in [7, 11) is 3.89. The Labute approximate surface area is 171 Å². The molecule has 0 bridgehead atoms. The molecule has 29 heavy (non-hydrogen) atoms. The first kappa shape index (κ1) is 19.5. The Bertz CT molecular complexity index is 904. The highest BCUT2D eigenvalue weighted by molar-refractivity contribution is 5.39. The number of ether oxygens (including phenoxy) is 1. The van der Waals surface area contributed by atoms with Crippen molar-refractivity contribution in [1.29, 1.82) is 0 Å². The van der Waals surface area contributed by atoms with E-state index in [1.54, 1.807) is 7.11 Å². The molecule has 2 aromatic carbocycles. The molecule has 2 heterocycles. The Kier molecular flexibility index (Phi) is 6.17. The van der Waals surface area contributed by atoms with Gasteiger partial charge in [-0.15, -0.1) is 5.10 Å². The lowest BCUT2D eigenvalue weighted by atomic mass is 10.0. The van der Waals surface area contributed by atoms with Gasteiger partial charge in [0.05, 0.1) is 7.11 Å². The van der Waals surface area contributed by atoms with Crippen molar-refractivity contribution in [2.45, 2.75) is 19.0 Å². The SMILES string of the molecule is COc1ccccc1[C@H](c1nnnn1CCc1ccccc1)N1CCN(C)CC1. The van der Waals surface area contributed by atoms with E-state index < -0.39 is 0 Å². The molecule has 0 unspecified atom stereocenters. The third-order valence-electron chi connectivity index (χ3n) is 5.60. The van der Waals surface area contributed by atoms with Crippen molar-refractivity contribution in [3.63, 3.8) is 0 Å². The molecule has 152 valence electrons. The van der Waals surface area contributed by atoms with Gasteiger partial charge in [0, 0.05) is 38.3 Å². The zero-order chi connectivity index (χ0) is 20.1. The Balaban J connectivity index is 1.66. The molecule has 1 aromatic heterocycles. The molecule has 7 heteroatoms. The van der Waals surface area contributed by atoms with E-state index in [2.05, 4.69) is 68.8 Å². The van der Waals surface area contributed by atoms with Gasteiger partial charge in [-0.3, -0.25) is 4.90 Å². The Hall–Kier alpha value is -2.77. The van der Waals surface area contributed by atoms with Gasteiger partial charge < -0.3 is 9.64 Å². The standard InChI is InChI=1S/C22H28N6O/c1-26-14-16-27(17-15-26)21(19-10-6-7-11-20(19)29-2)22-23-24-25-28(22)13-12-18-8-4-3-5-9-18/h3-11,21H,12-17H2,1-2H3/t21-/m1/s1. The molecule has 1 aliphatic heterocycles. The van der Waals surface area contributed by atoms with Gasteiger partial charge in [0.15, 0.2) is 5.82 Å². The van der Waals surface area contributed by atoms with Crippen molar-refractivity contribution in [3.8, 4) is 5.75 Å². The van der Waals surface area contributed by atoms with Gasteiger partial charge in [0.2, 0.25) is 0 Å². The van der Waals surface area contributed by atoms with Crippen molar-refractivity contribution in [3.05, 3.63) is 71.5 Å². The number of likely N-dealkylation sites (N-methyl/N-ethyl adjacent to an activating group) is 1. The number of rotatable bonds is 7. The Morgan fingerprint density at radius 2 is 1.69 bits per heavy atom. The number of piperazine rings is 1. The second kappa shape index (κ2) is 9.15. The summed E-state index contributed by atoms with van der Waals surface area (Å²) in [5, 5.41) is 12.8. The number of benzene rings is 2. The molecule has 3 aromatic rings. The lowest BCUT2D eigenvalue weighted by molar-refractivity contribution is 0.120. The Morgan fingerprint density at radius 1 is 0.966 bits per heavy atom. The zero-order valence-electron chi connectivity index (χ0n) is 17.1. The summed E-state index contributed by atoms with van der Waals surface area (Å²) in [4.78, 5) is 4.82. The predicted octanol–water partition coefficient (Wildman–Crippen LogP) is 2.26. The number of tetrazole rings is 1. The molecule has 1 saturated heterocycles. The minimum Gasteiger partial charge on any atom is -0.496 e. The minimum absolute atomic E-state index is 0.0365. The van der Waals surface area contributed by atoms with Crippen LogP contribution in [0.1, 0.15) is 23.0 Å². The molecule has 7 nitrogen and oxygen atoms in total. The maximum absolute atomic E-state index is 5.69. The lowest BCUT2D eigenvalue weighted by Crippen LogP contribution is -2.46. The summed E-state index contributed by atoms with van der Waals surface area (Å²) in [6.07, 6.45) is 0.889. The fourth-order valence-electron chi connectivity index (χ4n) is 3.92. The first-order valence-electron chi connectivity index (χ1n) is 10.1. The number of hydrogen-bond donors (Lipinski definition) is 0. The van der Waals surface area contributed by atoms with E-state index in [1.165, 1.54) is 5.56 Å². The maximum atomic E-state index is 5.69. The second-order valence-corrected chi connectivity index (χ2v) is 7.48. The van der Waals surface area contributed by atoms with Crippen LogP contribution >= 0.6 is 0 Å². The smallest absolute Gasteiger partial charge is 0.173 e. The third-order valence-corrected chi connectivity index (χ3v) is 5.60. The van der Waals surface area contributed by atoms with Crippen LogP contribution in [0, 0.1) is 0 Å². The normalized spacial score (nSPS) is 16.6. The quantitative estimate of drug-likeness (QED) is 0.615. The molecule has 0 N–H and O–H groups in total. The number of aryl methyl sites for hydroxylation is 2. The highest BCUT2D eigenvalue weighted by atomic mass is 16.5. The van der Waals surface area contributed by atoms with E-state index >= 15 is 0 Å². The summed E-state index contributed by atoms with van der Waals surface area (Å²) in [5.41, 5.74) is 2.39. The largest absolute Gasteiger partial charge is 0.496 e. The van der Waals surface area contributed by atoms with Crippen molar-refractivity contribution >= 4 is 0 Å². The zero-order valence-corrected chi connectivity index (χ0v) is 17.1. The highest BCUT2D eigenvalue weighted by Crippen LogP contribution is 2.34. The first-order chi connectivity index (χ1) is 14.3. The highest BCUT2D eigenvalue weighted by Gasteiger charge is 2.31. The van der Waals surface area contributed by atoms with E-state index in [-0.39, 0.29) is 6.04 Å². The summed E-state index contributed by atoms with van der Waals surface area (Å²) >= 11 is 0. The summed E-state index contributed by atoms with van der Waals surface area (Å²) < 4.78 is 7.64. The van der Waals surface area contributed by atoms with Crippen LogP contribution in [-0.2, 0) is 13.0 Å². The van der Waals surface area contributed by atoms with Crippen LogP contribution in [0.15, 0.2) is 54.6 Å². The van der Waals surface area contributed by atoms with E-state index in [0.717, 1.165) is 56.3 Å². The van der Waals surface area contributed by atoms with Crippen LogP contribution < -0.4 is 4.74 Å². The third kappa shape index (κ3) is 4.46. The fourth-order valence-corrected chi connectivity index (χ4v) is 3.92. The predicted molar refractivity (Wildman–Crippen MR) is 112 cm³/mol. The molecule has 4 rings (SSSR count). The van der Waals surface area contributed by atoms with Gasteiger partial charge >= 0.3 is 0 Å². The van der Waals surface area contributed by atoms with Crippen LogP contribution in [0.4, 0.5) is 0 Å². The fraction of sp³-hybridized carbons (Fsp3) is 0.409. The molecular weight excluding hydrogens is 364 g/mol. The van der Waals surface area contributed by atoms with Crippen LogP contribution in [0.25, 0.3) is 0 Å². The minimum atomic E-state index is -0.0365. The summed E-state index contributed by atoms with van der Waals surface area (Å²) in [5.74, 6) is 1.74. The topological polar surface area (TPSA) is 59.3 Å². The van der Waals surface area contributed by atoms with Crippen LogP contribution in [0.3, 0.4) is 0 Å². The Morgan fingerprint density at radius 3 is 2.45 bits per heavy atom. The van der Waals surface area contributed by atoms with Crippen LogP contribution in [0.2, 0.25) is 0 Å². The van der Waals surface area contributed by atoms with E-state index in [1.807, 2.05) is 22.9 Å². The van der Waals surface area contributed by atoms with Crippen LogP contribution in [-0.4, -0.2) is 70.3 Å². The van der Waals surface area contributed by atoms with E-state index in [4.69, 9.17) is 4.74 Å². The molecule has 0 saturated carbocycles. The molecule has 1 atom stereocenters. The molecular formula is C22H28N6O. The molecule has 1 aliphatic rings. The van der Waals surface area contributed by atoms with Crippen molar-refractivity contribution in [2.75, 3.05) is 40.3 Å². The maximum Gasteiger partial charge on any atom is 0.173 e. The average molecular weight is 393 g/mol. The summed E-state index contributed by atoms with van der Waals surface area (Å²) in [6, 6.07) is 18.6. The number of aromatic nitrogens is 4. The van der Waals surface area contributed by atoms with Gasteiger partial charge in [0.1, 0.15) is 11.8 Å². The molecule has 0 amide bonds. The van der Waals surface area contributed by atoms with Gasteiger partial charge in [-0.2, -0.15) is 0 Å². The molecule has 0 radical (unpaired) electrons. The number of nitrogens with zero attached hydrogens (tertiary/aromatic N) is 6. The molecule has 1 fully saturated rings. The molecule has 0 spiro atoms. The average Bonchev–Trinajstić information content (AvgIpc) is 3.23. The van der Waals surface area contributed by atoms with Gasteiger partial charge in [-0.25, -0.2) is 4.68 Å². The van der Waals surface area contributed by atoms with Gasteiger partial charge in [0.25, 0.3) is 0 Å². The van der Waals surface area contributed by atoms with Crippen LogP contribution in [0.5, 0.6) is 5.75 Å². The number of para-hydroxylation sites is 1. The van der Waals surface area contributed by atoms with Gasteiger partial charge in [-0.1, -0.05) is 48.5 Å². The van der Waals surface area contributed by atoms with E-state index in [0.29, 0.717) is 0 Å². The monoisotopic (exact) mass is 392 g/mol. The number of methoxy groups -OCH3 is 1. The van der Waals surface area contributed by atoms with Crippen molar-refractivity contribution in [1.82, 2.24) is 30.0 Å². The van der Waals surface area contributed by atoms with Gasteiger partial charge in [-0.05, 0) is 35.5 Å². The lowest BCUT2D eigenvalue weighted by Gasteiger charge is -2.37. The van der Waals surface area contributed by atoms with E-state index in [9.17, 15) is 0 Å². The second-order valence-electron chi connectivity index (χ2n) is 7.48. The first-order valence-corrected chi connectivity index (χ1v) is 10.1.